The van der Waals surface area contributed by atoms with Crippen molar-refractivity contribution >= 4 is 17.8 Å². The van der Waals surface area contributed by atoms with Crippen LogP contribution in [0.25, 0.3) is 0 Å². The lowest BCUT2D eigenvalue weighted by atomic mass is 9.32. The molecule has 6 heteroatoms. The van der Waals surface area contributed by atoms with Crippen LogP contribution in [0.3, 0.4) is 0 Å². The van der Waals surface area contributed by atoms with Crippen molar-refractivity contribution < 1.29 is 24.2 Å². The Morgan fingerprint density at radius 1 is 0.922 bits per heavy atom. The fourth-order valence-corrected chi connectivity index (χ4v) is 13.3. The summed E-state index contributed by atoms with van der Waals surface area (Å²) >= 11 is 0. The molecular weight excluding hydrogens is 634 g/mol. The van der Waals surface area contributed by atoms with Crippen LogP contribution in [0.2, 0.25) is 0 Å². The Kier molecular flexibility index (Phi) is 9.46. The van der Waals surface area contributed by atoms with Gasteiger partial charge in [0.2, 0.25) is 0 Å². The van der Waals surface area contributed by atoms with Gasteiger partial charge in [-0.1, -0.05) is 70.7 Å². The molecule has 4 unspecified atom stereocenters. The zero-order valence-electron chi connectivity index (χ0n) is 32.8. The molecule has 0 saturated heterocycles. The van der Waals surface area contributed by atoms with Gasteiger partial charge >= 0.3 is 11.9 Å². The first-order valence-electron chi connectivity index (χ1n) is 19.7. The molecule has 2 N–H and O–H groups in total. The Bertz CT molecular complexity index is 1660. The summed E-state index contributed by atoms with van der Waals surface area (Å²) in [7, 11) is 1.68. The minimum Gasteiger partial charge on any atom is -0.481 e. The first kappa shape index (κ1) is 37.7. The van der Waals surface area contributed by atoms with Gasteiger partial charge in [-0.05, 0) is 143 Å². The molecule has 0 heterocycles. The van der Waals surface area contributed by atoms with Crippen LogP contribution in [0.5, 0.6) is 0 Å². The smallest absolute Gasteiger partial charge is 0.309 e. The number of benzene rings is 1. The van der Waals surface area contributed by atoms with Gasteiger partial charge in [0.15, 0.2) is 0 Å². The number of carboxylic acid groups (broad SMARTS) is 1. The average molecular weight is 698 g/mol. The van der Waals surface area contributed by atoms with Crippen LogP contribution in [-0.2, 0) is 14.3 Å². The van der Waals surface area contributed by atoms with E-state index in [0.717, 1.165) is 44.1 Å². The minimum atomic E-state index is -1.15. The van der Waals surface area contributed by atoms with Gasteiger partial charge in [0.25, 0.3) is 5.91 Å². The third-order valence-electron chi connectivity index (χ3n) is 16.3. The number of aliphatic carboxylic acids is 1. The lowest BCUT2D eigenvalue weighted by Gasteiger charge is -2.72. The molecule has 1 aromatic carbocycles. The summed E-state index contributed by atoms with van der Waals surface area (Å²) in [5.41, 5.74) is 1.82. The van der Waals surface area contributed by atoms with Crippen molar-refractivity contribution in [2.45, 2.75) is 132 Å². The van der Waals surface area contributed by atoms with E-state index in [0.29, 0.717) is 35.2 Å². The van der Waals surface area contributed by atoms with Crippen molar-refractivity contribution in [1.82, 2.24) is 5.32 Å². The number of ether oxygens (including phenoxy) is 1. The highest BCUT2D eigenvalue weighted by molar-refractivity contribution is 5.96. The first-order chi connectivity index (χ1) is 23.8. The van der Waals surface area contributed by atoms with E-state index in [2.05, 4.69) is 65.3 Å². The number of fused-ring (bicyclic) bond motifs is 7. The first-order valence-corrected chi connectivity index (χ1v) is 19.7. The second kappa shape index (κ2) is 12.8. The van der Waals surface area contributed by atoms with E-state index in [9.17, 15) is 19.5 Å². The molecule has 1 aromatic rings. The summed E-state index contributed by atoms with van der Waals surface area (Å²) < 4.78 is 6.18. The van der Waals surface area contributed by atoms with E-state index in [4.69, 9.17) is 4.74 Å². The molecule has 0 spiro atoms. The van der Waals surface area contributed by atoms with Crippen LogP contribution in [0.4, 0.5) is 0 Å². The number of amides is 1. The van der Waals surface area contributed by atoms with Gasteiger partial charge in [-0.3, -0.25) is 14.4 Å². The predicted molar refractivity (Wildman–Crippen MR) is 202 cm³/mol. The second-order valence-electron chi connectivity index (χ2n) is 19.4. The second-order valence-corrected chi connectivity index (χ2v) is 19.4. The number of carbonyl (C=O) groups is 3. The van der Waals surface area contributed by atoms with E-state index in [1.807, 2.05) is 24.3 Å². The average Bonchev–Trinajstić information content (AvgIpc) is 3.45. The lowest BCUT2D eigenvalue weighted by molar-refractivity contribution is -0.247. The van der Waals surface area contributed by atoms with Crippen molar-refractivity contribution in [3.05, 3.63) is 47.5 Å². The molecule has 6 rings (SSSR count). The summed E-state index contributed by atoms with van der Waals surface area (Å²) in [6, 6.07) is 7.75. The fraction of sp³-hybridized carbons (Fsp3) is 0.711. The third kappa shape index (κ3) is 5.79. The number of hydrogen-bond donors (Lipinski definition) is 2. The molecule has 10 atom stereocenters. The molecule has 1 amide bonds. The van der Waals surface area contributed by atoms with E-state index in [1.165, 1.54) is 31.3 Å². The van der Waals surface area contributed by atoms with Gasteiger partial charge in [-0.15, -0.1) is 0 Å². The molecule has 0 radical (unpaired) electrons. The zero-order chi connectivity index (χ0) is 37.4. The number of allylic oxidation sites excluding steroid dienone is 1. The normalized spacial score (nSPS) is 39.5. The Labute approximate surface area is 307 Å². The molecule has 5 aliphatic rings. The number of carboxylic acids is 1. The maximum Gasteiger partial charge on any atom is 0.309 e. The van der Waals surface area contributed by atoms with Crippen LogP contribution in [0.1, 0.15) is 142 Å². The lowest BCUT2D eigenvalue weighted by Crippen LogP contribution is -2.66. The van der Waals surface area contributed by atoms with Crippen LogP contribution in [0, 0.1) is 73.9 Å². The summed E-state index contributed by atoms with van der Waals surface area (Å²) in [6.07, 6.45) is 10.7. The topological polar surface area (TPSA) is 92.7 Å². The largest absolute Gasteiger partial charge is 0.481 e. The maximum absolute atomic E-state index is 13.1. The summed E-state index contributed by atoms with van der Waals surface area (Å²) in [4.78, 5) is 37.6. The molecule has 5 aliphatic carbocycles. The Hall–Kier alpha value is -3.07. The number of carbonyl (C=O) groups excluding carboxylic acids is 2. The highest BCUT2D eigenvalue weighted by Gasteiger charge is 2.71. The summed E-state index contributed by atoms with van der Waals surface area (Å²) in [5, 5.41) is 12.4. The SMILES string of the molecule is C=C(C)[C@@H]1CC[C@]2(C#Cc3ccccc3C(=O)NC)CC[C@]3(C)C(CCC4[C@@]5(C)CC[C@H](OC(=O)CC(C)(C)C(=O)O)C(C)(C)C5CC[C@]43C)C12. The van der Waals surface area contributed by atoms with E-state index >= 15 is 0 Å². The Balaban J connectivity index is 1.29. The Morgan fingerprint density at radius 3 is 2.29 bits per heavy atom. The van der Waals surface area contributed by atoms with E-state index < -0.39 is 17.4 Å². The highest BCUT2D eigenvalue weighted by atomic mass is 16.5. The molecular formula is C45H63NO5. The molecule has 5 fully saturated rings. The molecule has 0 aromatic heterocycles. The van der Waals surface area contributed by atoms with Gasteiger partial charge in [-0.2, -0.15) is 0 Å². The molecule has 51 heavy (non-hydrogen) atoms. The van der Waals surface area contributed by atoms with Gasteiger partial charge in [-0.25, -0.2) is 0 Å². The fourth-order valence-electron chi connectivity index (χ4n) is 13.3. The molecule has 5 saturated carbocycles. The monoisotopic (exact) mass is 697 g/mol. The zero-order valence-corrected chi connectivity index (χ0v) is 32.8. The minimum absolute atomic E-state index is 0.0764. The third-order valence-corrected chi connectivity index (χ3v) is 16.3. The van der Waals surface area contributed by atoms with Gasteiger partial charge < -0.3 is 15.2 Å². The number of nitrogens with one attached hydrogen (secondary N) is 1. The standard InChI is InChI=1S/C45H63NO5/c1-28(2)30-18-24-45(23-17-29-13-11-12-14-31(29)38(48)46-10)26-25-43(8)32(37(30)45)15-16-34-42(7)21-20-35(51-36(47)27-40(3,4)39(49)50)41(5,6)33(42)19-22-44(34,43)9/h11-14,30,32-35,37H,1,15-16,18-22,24-27H2,2-10H3,(H,46,48)(H,49,50)/t30-,32?,33?,34?,35-,37?,42-,43+,44+,45+/m0/s1. The highest BCUT2D eigenvalue weighted by Crippen LogP contribution is 2.77. The van der Waals surface area contributed by atoms with Crippen molar-refractivity contribution in [2.75, 3.05) is 7.05 Å². The predicted octanol–water partition coefficient (Wildman–Crippen LogP) is 9.47. The van der Waals surface area contributed by atoms with Crippen molar-refractivity contribution in [1.29, 1.82) is 0 Å². The van der Waals surface area contributed by atoms with Crippen LogP contribution in [0.15, 0.2) is 36.4 Å². The van der Waals surface area contributed by atoms with Crippen molar-refractivity contribution in [2.24, 2.45) is 62.1 Å². The van der Waals surface area contributed by atoms with Gasteiger partial charge in [0.05, 0.1) is 17.4 Å². The summed E-state index contributed by atoms with van der Waals surface area (Å²) in [5.74, 6) is 8.50. The van der Waals surface area contributed by atoms with Crippen molar-refractivity contribution in [3.63, 3.8) is 0 Å². The molecule has 0 bridgehead atoms. The quantitative estimate of drug-likeness (QED) is 0.176. The molecule has 6 nitrogen and oxygen atoms in total. The molecule has 278 valence electrons. The van der Waals surface area contributed by atoms with Crippen LogP contribution in [-0.4, -0.2) is 36.1 Å². The summed E-state index contributed by atoms with van der Waals surface area (Å²) in [6.45, 7) is 22.4. The van der Waals surface area contributed by atoms with Gasteiger partial charge in [0.1, 0.15) is 6.10 Å². The number of rotatable bonds is 6. The number of esters is 1. The number of hydrogen-bond acceptors (Lipinski definition) is 4. The van der Waals surface area contributed by atoms with E-state index in [1.54, 1.807) is 20.9 Å². The van der Waals surface area contributed by atoms with Crippen LogP contribution < -0.4 is 5.32 Å². The molecule has 0 aliphatic heterocycles. The van der Waals surface area contributed by atoms with Gasteiger partial charge in [0, 0.05) is 23.4 Å². The Morgan fingerprint density at radius 2 is 1.63 bits per heavy atom. The van der Waals surface area contributed by atoms with Crippen LogP contribution >= 0.6 is 0 Å². The van der Waals surface area contributed by atoms with E-state index in [-0.39, 0.29) is 45.5 Å². The van der Waals surface area contributed by atoms with Crippen molar-refractivity contribution in [3.8, 4) is 11.8 Å². The maximum atomic E-state index is 13.1.